The molecule has 0 aromatic heterocycles. The average Bonchev–Trinajstić information content (AvgIpc) is 3.29. The van der Waals surface area contributed by atoms with Crippen molar-refractivity contribution in [2.24, 2.45) is 0 Å². The molecule has 0 bridgehead atoms. The van der Waals surface area contributed by atoms with Crippen LogP contribution >= 0.6 is 11.8 Å². The summed E-state index contributed by atoms with van der Waals surface area (Å²) in [7, 11) is 0. The quantitative estimate of drug-likeness (QED) is 0.215. The van der Waals surface area contributed by atoms with E-state index in [2.05, 4.69) is 122 Å². The van der Waals surface area contributed by atoms with Crippen LogP contribution in [0.3, 0.4) is 0 Å². The SMILES string of the molecule is C[C@@]12CC=CC(c3cccc(-c4ccc5c(c4)c4c(c6ccccc65)C=CCC4)c3)=C1Sc1ccccc12. The van der Waals surface area contributed by atoms with Gasteiger partial charge in [0.05, 0.1) is 0 Å². The molecule has 1 heteroatoms. The maximum absolute atomic E-state index is 2.44. The number of fused-ring (bicyclic) bond motifs is 9. The molecule has 0 fully saturated rings. The second kappa shape index (κ2) is 8.35. The molecule has 8 rings (SSSR count). The Labute approximate surface area is 228 Å². The van der Waals surface area contributed by atoms with Crippen LogP contribution in [-0.2, 0) is 11.8 Å². The van der Waals surface area contributed by atoms with E-state index in [-0.39, 0.29) is 5.41 Å². The van der Waals surface area contributed by atoms with Crippen molar-refractivity contribution in [3.8, 4) is 11.1 Å². The van der Waals surface area contributed by atoms with Crippen LogP contribution in [-0.4, -0.2) is 0 Å². The Bertz CT molecular complexity index is 1880. The molecular weight excluding hydrogens is 476 g/mol. The fraction of sp³-hybridized carbons (Fsp3) is 0.135. The Hall–Kier alpha value is -3.81. The van der Waals surface area contributed by atoms with Gasteiger partial charge in [0.2, 0.25) is 0 Å². The zero-order valence-electron chi connectivity index (χ0n) is 21.5. The molecule has 3 aliphatic rings. The van der Waals surface area contributed by atoms with E-state index in [1.54, 1.807) is 0 Å². The summed E-state index contributed by atoms with van der Waals surface area (Å²) in [5.41, 5.74) is 9.70. The summed E-state index contributed by atoms with van der Waals surface area (Å²) in [6, 6.07) is 34.1. The average molecular weight is 505 g/mol. The number of hydrogen-bond acceptors (Lipinski definition) is 1. The fourth-order valence-corrected chi connectivity index (χ4v) is 8.33. The minimum atomic E-state index is 0.0674. The molecule has 0 amide bonds. The second-order valence-corrected chi connectivity index (χ2v) is 12.1. The molecule has 0 saturated heterocycles. The molecule has 0 nitrogen and oxygen atoms in total. The molecule has 5 aromatic carbocycles. The van der Waals surface area contributed by atoms with Gasteiger partial charge in [-0.1, -0.05) is 116 Å². The number of hydrogen-bond donors (Lipinski definition) is 0. The lowest BCUT2D eigenvalue weighted by Gasteiger charge is -2.30. The first-order valence-electron chi connectivity index (χ1n) is 13.6. The molecule has 182 valence electrons. The summed E-state index contributed by atoms with van der Waals surface area (Å²) >= 11 is 1.96. The summed E-state index contributed by atoms with van der Waals surface area (Å²) in [5.74, 6) is 0. The first kappa shape index (κ1) is 22.2. The third kappa shape index (κ3) is 3.18. The predicted molar refractivity (Wildman–Crippen MR) is 165 cm³/mol. The molecule has 1 aliphatic heterocycles. The summed E-state index contributed by atoms with van der Waals surface area (Å²) in [6.07, 6.45) is 12.7. The molecule has 0 unspecified atom stereocenters. The standard InChI is InChI=1S/C37H28S/c1-37-21-9-16-27(36(37)38-35-18-7-6-17-34(35)37)26-11-8-10-24(22-26)25-19-20-32-30-14-3-2-12-28(30)29-13-4-5-15-31(29)33(32)23-25/h2-4,6-14,16-20,22-23H,5,15,21H2,1H3/t37-/m0/s1. The van der Waals surface area contributed by atoms with Crippen molar-refractivity contribution < 1.29 is 0 Å². The molecule has 1 heterocycles. The third-order valence-electron chi connectivity index (χ3n) is 8.78. The molecule has 0 saturated carbocycles. The van der Waals surface area contributed by atoms with E-state index in [0.29, 0.717) is 0 Å². The Balaban J connectivity index is 1.29. The van der Waals surface area contributed by atoms with Crippen molar-refractivity contribution in [1.82, 2.24) is 0 Å². The van der Waals surface area contributed by atoms with E-state index in [1.807, 2.05) is 11.8 Å². The normalized spacial score (nSPS) is 19.6. The van der Waals surface area contributed by atoms with Crippen LogP contribution in [0.4, 0.5) is 0 Å². The monoisotopic (exact) mass is 504 g/mol. The van der Waals surface area contributed by atoms with Gasteiger partial charge in [-0.3, -0.25) is 0 Å². The zero-order valence-corrected chi connectivity index (χ0v) is 22.3. The van der Waals surface area contributed by atoms with Crippen LogP contribution in [0, 0.1) is 0 Å². The lowest BCUT2D eigenvalue weighted by molar-refractivity contribution is 0.591. The lowest BCUT2D eigenvalue weighted by Crippen LogP contribution is -2.22. The minimum Gasteiger partial charge on any atom is -0.0926 e. The van der Waals surface area contributed by atoms with Crippen LogP contribution in [0.5, 0.6) is 0 Å². The highest BCUT2D eigenvalue weighted by Crippen LogP contribution is 2.58. The Morgan fingerprint density at radius 1 is 0.658 bits per heavy atom. The van der Waals surface area contributed by atoms with E-state index in [1.165, 1.54) is 70.3 Å². The number of benzene rings is 5. The van der Waals surface area contributed by atoms with Crippen molar-refractivity contribution in [3.05, 3.63) is 136 Å². The number of thioether (sulfide) groups is 1. The maximum atomic E-state index is 2.44. The first-order valence-corrected chi connectivity index (χ1v) is 14.5. The van der Waals surface area contributed by atoms with E-state index < -0.39 is 0 Å². The van der Waals surface area contributed by atoms with E-state index in [4.69, 9.17) is 0 Å². The fourth-order valence-electron chi connectivity index (χ4n) is 6.85. The van der Waals surface area contributed by atoms with E-state index >= 15 is 0 Å². The molecule has 0 N–H and O–H groups in total. The van der Waals surface area contributed by atoms with Gasteiger partial charge in [-0.05, 0) is 98.0 Å². The molecule has 38 heavy (non-hydrogen) atoms. The van der Waals surface area contributed by atoms with Crippen LogP contribution in [0.25, 0.3) is 44.3 Å². The number of rotatable bonds is 2. The van der Waals surface area contributed by atoms with Gasteiger partial charge in [0.25, 0.3) is 0 Å². The Morgan fingerprint density at radius 2 is 1.45 bits per heavy atom. The Morgan fingerprint density at radius 3 is 2.39 bits per heavy atom. The number of aryl methyl sites for hydroxylation is 1. The van der Waals surface area contributed by atoms with E-state index in [9.17, 15) is 0 Å². The highest BCUT2D eigenvalue weighted by Gasteiger charge is 2.41. The van der Waals surface area contributed by atoms with Gasteiger partial charge < -0.3 is 0 Å². The van der Waals surface area contributed by atoms with Gasteiger partial charge in [0.15, 0.2) is 0 Å². The van der Waals surface area contributed by atoms with Gasteiger partial charge >= 0.3 is 0 Å². The van der Waals surface area contributed by atoms with Crippen LogP contribution in [0.1, 0.15) is 42.0 Å². The Kier molecular flexibility index (Phi) is 4.88. The van der Waals surface area contributed by atoms with Gasteiger partial charge in [0, 0.05) is 15.2 Å². The second-order valence-electron chi connectivity index (χ2n) is 11.0. The van der Waals surface area contributed by atoms with Crippen LogP contribution in [0.2, 0.25) is 0 Å². The van der Waals surface area contributed by atoms with Crippen molar-refractivity contribution in [2.75, 3.05) is 0 Å². The predicted octanol–water partition coefficient (Wildman–Crippen LogP) is 10.4. The third-order valence-corrected chi connectivity index (χ3v) is 10.2. The van der Waals surface area contributed by atoms with Crippen LogP contribution in [0.15, 0.2) is 119 Å². The van der Waals surface area contributed by atoms with Crippen molar-refractivity contribution >= 4 is 45.0 Å². The van der Waals surface area contributed by atoms with Gasteiger partial charge in [-0.2, -0.15) is 0 Å². The highest BCUT2D eigenvalue weighted by atomic mass is 32.2. The van der Waals surface area contributed by atoms with Gasteiger partial charge in [-0.15, -0.1) is 0 Å². The smallest absolute Gasteiger partial charge is 0.0289 e. The highest BCUT2D eigenvalue weighted by molar-refractivity contribution is 8.03. The summed E-state index contributed by atoms with van der Waals surface area (Å²) in [4.78, 5) is 2.90. The number of allylic oxidation sites excluding steroid dienone is 5. The van der Waals surface area contributed by atoms with Crippen LogP contribution < -0.4 is 0 Å². The first-order chi connectivity index (χ1) is 18.7. The molecule has 2 aliphatic carbocycles. The molecule has 0 radical (unpaired) electrons. The van der Waals surface area contributed by atoms with Crippen molar-refractivity contribution in [2.45, 2.75) is 36.5 Å². The minimum absolute atomic E-state index is 0.0674. The van der Waals surface area contributed by atoms with Gasteiger partial charge in [-0.25, -0.2) is 0 Å². The topological polar surface area (TPSA) is 0 Å². The molecule has 5 aromatic rings. The van der Waals surface area contributed by atoms with Gasteiger partial charge in [0.1, 0.15) is 0 Å². The summed E-state index contributed by atoms with van der Waals surface area (Å²) in [5, 5.41) is 5.49. The lowest BCUT2D eigenvalue weighted by atomic mass is 9.74. The molecule has 0 spiro atoms. The summed E-state index contributed by atoms with van der Waals surface area (Å²) in [6.45, 7) is 2.42. The largest absolute Gasteiger partial charge is 0.0926 e. The maximum Gasteiger partial charge on any atom is 0.0289 e. The van der Waals surface area contributed by atoms with Crippen molar-refractivity contribution in [1.29, 1.82) is 0 Å². The van der Waals surface area contributed by atoms with Crippen molar-refractivity contribution in [3.63, 3.8) is 0 Å². The zero-order chi connectivity index (χ0) is 25.3. The molecular formula is C37H28S. The molecule has 1 atom stereocenters. The summed E-state index contributed by atoms with van der Waals surface area (Å²) < 4.78 is 0. The van der Waals surface area contributed by atoms with E-state index in [0.717, 1.165) is 19.3 Å².